The lowest BCUT2D eigenvalue weighted by atomic mass is 9.81. The largest absolute Gasteiger partial charge is 0.496 e. The van der Waals surface area contributed by atoms with Gasteiger partial charge in [0.25, 0.3) is 0 Å². The van der Waals surface area contributed by atoms with E-state index in [0.29, 0.717) is 27.9 Å². The third kappa shape index (κ3) is 3.01. The van der Waals surface area contributed by atoms with E-state index in [2.05, 4.69) is 4.74 Å². The highest BCUT2D eigenvalue weighted by molar-refractivity contribution is 6.42. The number of ether oxygens (including phenoxy) is 2. The molecule has 0 spiro atoms. The van der Waals surface area contributed by atoms with Gasteiger partial charge in [-0.2, -0.15) is 0 Å². The Labute approximate surface area is 139 Å². The minimum absolute atomic E-state index is 0.0780. The van der Waals surface area contributed by atoms with Crippen LogP contribution in [0.25, 0.3) is 0 Å². The second-order valence-corrected chi connectivity index (χ2v) is 6.29. The number of nitrogens with zero attached hydrogens (tertiary/aromatic N) is 1. The van der Waals surface area contributed by atoms with Crippen molar-refractivity contribution in [3.63, 3.8) is 0 Å². The number of carbonyl (C=O) groups excluding carboxylic acids is 2. The van der Waals surface area contributed by atoms with Gasteiger partial charge in [0.05, 0.1) is 24.3 Å². The van der Waals surface area contributed by atoms with Gasteiger partial charge in [0.2, 0.25) is 5.91 Å². The molecule has 0 saturated carbocycles. The minimum atomic E-state index is -0.585. The number of methoxy groups -OCH3 is 2. The Bertz CT molecular complexity index is 620. The van der Waals surface area contributed by atoms with E-state index in [9.17, 15) is 9.59 Å². The Hall–Kier alpha value is -1.46. The molecule has 120 valence electrons. The third-order valence-electron chi connectivity index (χ3n) is 3.86. The van der Waals surface area contributed by atoms with E-state index >= 15 is 0 Å². The molecule has 0 N–H and O–H groups in total. The van der Waals surface area contributed by atoms with Gasteiger partial charge in [-0.15, -0.1) is 0 Å². The summed E-state index contributed by atoms with van der Waals surface area (Å²) in [6.45, 7) is 2.17. The first-order valence-electron chi connectivity index (χ1n) is 6.69. The van der Waals surface area contributed by atoms with E-state index in [1.807, 2.05) is 6.92 Å². The van der Waals surface area contributed by atoms with Crippen LogP contribution in [0, 0.1) is 0 Å². The fraction of sp³-hybridized carbons (Fsp3) is 0.467. The van der Waals surface area contributed by atoms with Crippen molar-refractivity contribution in [3.05, 3.63) is 27.7 Å². The van der Waals surface area contributed by atoms with E-state index in [1.165, 1.54) is 19.1 Å². The number of likely N-dealkylation sites (tertiary alicyclic amines) is 1. The summed E-state index contributed by atoms with van der Waals surface area (Å²) in [7, 11) is 2.83. The predicted octanol–water partition coefficient (Wildman–Crippen LogP) is 2.67. The van der Waals surface area contributed by atoms with Gasteiger partial charge in [0.15, 0.2) is 0 Å². The molecule has 1 fully saturated rings. The van der Waals surface area contributed by atoms with Gasteiger partial charge < -0.3 is 14.4 Å². The van der Waals surface area contributed by atoms with Crippen molar-refractivity contribution in [2.45, 2.75) is 18.8 Å². The van der Waals surface area contributed by atoms with Crippen molar-refractivity contribution in [2.75, 3.05) is 27.3 Å². The van der Waals surface area contributed by atoms with Gasteiger partial charge in [0.1, 0.15) is 12.3 Å². The first-order chi connectivity index (χ1) is 10.3. The SMILES string of the molecule is COC(=O)CN1CC(C)(c2c(OC)ccc(Cl)c2Cl)CC1=O. The number of amides is 1. The Morgan fingerprint density at radius 2 is 2.05 bits per heavy atom. The number of esters is 1. The van der Waals surface area contributed by atoms with Crippen molar-refractivity contribution in [3.8, 4) is 5.75 Å². The number of hydrogen-bond donors (Lipinski definition) is 0. The molecule has 1 unspecified atom stereocenters. The zero-order valence-electron chi connectivity index (χ0n) is 12.6. The first kappa shape index (κ1) is 16.9. The normalized spacial score (nSPS) is 21.1. The molecule has 1 aliphatic rings. The summed E-state index contributed by atoms with van der Waals surface area (Å²) in [4.78, 5) is 25.1. The van der Waals surface area contributed by atoms with E-state index in [-0.39, 0.29) is 18.9 Å². The van der Waals surface area contributed by atoms with Crippen LogP contribution in [0.15, 0.2) is 12.1 Å². The maximum Gasteiger partial charge on any atom is 0.325 e. The maximum atomic E-state index is 12.2. The van der Waals surface area contributed by atoms with Crippen LogP contribution < -0.4 is 4.74 Å². The van der Waals surface area contributed by atoms with E-state index in [4.69, 9.17) is 27.9 Å². The van der Waals surface area contributed by atoms with Gasteiger partial charge in [0, 0.05) is 23.9 Å². The van der Waals surface area contributed by atoms with Crippen molar-refractivity contribution >= 4 is 35.1 Å². The van der Waals surface area contributed by atoms with Gasteiger partial charge in [-0.25, -0.2) is 0 Å². The van der Waals surface area contributed by atoms with Gasteiger partial charge >= 0.3 is 5.97 Å². The molecule has 1 amide bonds. The summed E-state index contributed by atoms with van der Waals surface area (Å²) in [5.74, 6) is -0.0163. The monoisotopic (exact) mass is 345 g/mol. The number of rotatable bonds is 4. The second kappa shape index (κ2) is 6.34. The number of hydrogen-bond acceptors (Lipinski definition) is 4. The summed E-state index contributed by atoms with van der Waals surface area (Å²) >= 11 is 12.4. The number of carbonyl (C=O) groups is 2. The lowest BCUT2D eigenvalue weighted by Gasteiger charge is -2.27. The van der Waals surface area contributed by atoms with Crippen LogP contribution in [-0.4, -0.2) is 44.1 Å². The quantitative estimate of drug-likeness (QED) is 0.787. The Kier molecular flexibility index (Phi) is 4.87. The molecule has 2 rings (SSSR count). The fourth-order valence-corrected chi connectivity index (χ4v) is 3.35. The van der Waals surface area contributed by atoms with Crippen LogP contribution in [0.4, 0.5) is 0 Å². The molecular weight excluding hydrogens is 329 g/mol. The zero-order chi connectivity index (χ0) is 16.5. The zero-order valence-corrected chi connectivity index (χ0v) is 14.1. The summed E-state index contributed by atoms with van der Waals surface area (Å²) < 4.78 is 9.98. The summed E-state index contributed by atoms with van der Waals surface area (Å²) in [5, 5.41) is 0.772. The maximum absolute atomic E-state index is 12.2. The number of benzene rings is 1. The molecule has 1 atom stereocenters. The molecule has 1 aromatic rings. The molecule has 1 saturated heterocycles. The minimum Gasteiger partial charge on any atom is -0.496 e. The Morgan fingerprint density at radius 3 is 2.64 bits per heavy atom. The standard InChI is InChI=1S/C15H17Cl2NO4/c1-15(6-11(19)18(8-15)7-12(20)22-3)13-10(21-2)5-4-9(16)14(13)17/h4-5H,6-8H2,1-3H3. The van der Waals surface area contributed by atoms with Gasteiger partial charge in [-0.3, -0.25) is 9.59 Å². The van der Waals surface area contributed by atoms with E-state index < -0.39 is 11.4 Å². The van der Waals surface area contributed by atoms with Crippen LogP contribution in [0.5, 0.6) is 5.75 Å². The number of halogens is 2. The van der Waals surface area contributed by atoms with Crippen LogP contribution in [-0.2, 0) is 19.7 Å². The van der Waals surface area contributed by atoms with Crippen molar-refractivity contribution < 1.29 is 19.1 Å². The van der Waals surface area contributed by atoms with Crippen LogP contribution >= 0.6 is 23.2 Å². The highest BCUT2D eigenvalue weighted by Gasteiger charge is 2.44. The highest BCUT2D eigenvalue weighted by Crippen LogP contribution is 2.45. The van der Waals surface area contributed by atoms with Crippen LogP contribution in [0.3, 0.4) is 0 Å². The van der Waals surface area contributed by atoms with Crippen molar-refractivity contribution in [2.24, 2.45) is 0 Å². The highest BCUT2D eigenvalue weighted by atomic mass is 35.5. The Balaban J connectivity index is 2.39. The molecule has 7 heteroatoms. The molecule has 1 aliphatic heterocycles. The third-order valence-corrected chi connectivity index (χ3v) is 4.67. The molecule has 22 heavy (non-hydrogen) atoms. The van der Waals surface area contributed by atoms with E-state index in [1.54, 1.807) is 12.1 Å². The lowest BCUT2D eigenvalue weighted by Crippen LogP contribution is -2.34. The summed E-state index contributed by atoms with van der Waals surface area (Å²) in [6, 6.07) is 3.38. The first-order valence-corrected chi connectivity index (χ1v) is 7.45. The average molecular weight is 346 g/mol. The molecule has 0 bridgehead atoms. The smallest absolute Gasteiger partial charge is 0.325 e. The molecule has 0 radical (unpaired) electrons. The van der Waals surface area contributed by atoms with Crippen LogP contribution in [0.2, 0.25) is 10.0 Å². The topological polar surface area (TPSA) is 55.8 Å². The summed E-state index contributed by atoms with van der Waals surface area (Å²) in [5.41, 5.74) is 0.100. The molecule has 1 heterocycles. The van der Waals surface area contributed by atoms with E-state index in [0.717, 1.165) is 0 Å². The fourth-order valence-electron chi connectivity index (χ4n) is 2.81. The second-order valence-electron chi connectivity index (χ2n) is 5.50. The molecule has 5 nitrogen and oxygen atoms in total. The van der Waals surface area contributed by atoms with Gasteiger partial charge in [-0.05, 0) is 12.1 Å². The molecular formula is C15H17Cl2NO4. The Morgan fingerprint density at radius 1 is 1.36 bits per heavy atom. The lowest BCUT2D eigenvalue weighted by molar-refractivity contribution is -0.145. The molecule has 0 aromatic heterocycles. The molecule has 0 aliphatic carbocycles. The molecule has 1 aromatic carbocycles. The average Bonchev–Trinajstić information content (AvgIpc) is 2.76. The van der Waals surface area contributed by atoms with Crippen molar-refractivity contribution in [1.82, 2.24) is 4.90 Å². The predicted molar refractivity (Wildman–Crippen MR) is 83.6 cm³/mol. The van der Waals surface area contributed by atoms with Crippen LogP contribution in [0.1, 0.15) is 18.9 Å². The summed E-state index contributed by atoms with van der Waals surface area (Å²) in [6.07, 6.45) is 0.223. The van der Waals surface area contributed by atoms with Gasteiger partial charge in [-0.1, -0.05) is 30.1 Å². The van der Waals surface area contributed by atoms with Crippen molar-refractivity contribution in [1.29, 1.82) is 0 Å².